The molecule has 4 nitrogen and oxygen atoms in total. The fourth-order valence-electron chi connectivity index (χ4n) is 3.37. The number of carbonyl (C=O) groups is 1. The van der Waals surface area contributed by atoms with Gasteiger partial charge in [-0.2, -0.15) is 0 Å². The molecule has 1 aromatic heterocycles. The Morgan fingerprint density at radius 3 is 2.44 bits per heavy atom. The Kier molecular flexibility index (Phi) is 3.80. The van der Waals surface area contributed by atoms with E-state index in [0.717, 1.165) is 33.7 Å². The summed E-state index contributed by atoms with van der Waals surface area (Å²) in [6.07, 6.45) is 0.298. The summed E-state index contributed by atoms with van der Waals surface area (Å²) in [5, 5.41) is 4.14. The summed E-state index contributed by atoms with van der Waals surface area (Å²) in [5.41, 5.74) is 5.77. The molecule has 4 heteroatoms. The van der Waals surface area contributed by atoms with Crippen LogP contribution in [0.3, 0.4) is 0 Å². The second kappa shape index (κ2) is 6.13. The minimum Gasteiger partial charge on any atom is -0.358 e. The van der Waals surface area contributed by atoms with Crippen LogP contribution < -0.4 is 0 Å². The Hall–Kier alpha value is -3.01. The number of nitrogens with zero attached hydrogens (tertiary/aromatic N) is 2. The highest BCUT2D eigenvalue weighted by molar-refractivity contribution is 6.17. The Balaban J connectivity index is 2.01. The molecule has 0 saturated heterocycles. The van der Waals surface area contributed by atoms with E-state index in [4.69, 9.17) is 9.52 Å². The maximum absolute atomic E-state index is 11.8. The van der Waals surface area contributed by atoms with Crippen molar-refractivity contribution in [2.24, 2.45) is 4.99 Å². The van der Waals surface area contributed by atoms with E-state index in [-0.39, 0.29) is 11.8 Å². The lowest BCUT2D eigenvalue weighted by atomic mass is 9.93. The average Bonchev–Trinajstić information content (AvgIpc) is 2.94. The summed E-state index contributed by atoms with van der Waals surface area (Å²) in [4.78, 5) is 16.8. The number of aliphatic imine (C=N–C) groups is 1. The lowest BCUT2D eigenvalue weighted by Crippen LogP contribution is -2.07. The van der Waals surface area contributed by atoms with Gasteiger partial charge in [-0.3, -0.25) is 9.79 Å². The van der Waals surface area contributed by atoms with Crippen molar-refractivity contribution in [3.8, 4) is 11.1 Å². The first-order valence-corrected chi connectivity index (χ1v) is 8.33. The van der Waals surface area contributed by atoms with Crippen LogP contribution in [0.2, 0.25) is 0 Å². The Morgan fingerprint density at radius 2 is 1.72 bits per heavy atom. The van der Waals surface area contributed by atoms with Crippen LogP contribution in [-0.2, 0) is 4.79 Å². The maximum Gasteiger partial charge on any atom is 0.169 e. The largest absolute Gasteiger partial charge is 0.358 e. The van der Waals surface area contributed by atoms with Gasteiger partial charge in [0.2, 0.25) is 0 Å². The molecule has 0 aliphatic carbocycles. The third-order valence-electron chi connectivity index (χ3n) is 4.46. The quantitative estimate of drug-likeness (QED) is 0.709. The predicted octanol–water partition coefficient (Wildman–Crippen LogP) is 4.52. The maximum atomic E-state index is 11.8. The molecule has 0 radical (unpaired) electrons. The number of carbonyl (C=O) groups excluding carboxylic acids is 1. The van der Waals surface area contributed by atoms with Crippen LogP contribution in [0.25, 0.3) is 11.1 Å². The molecule has 0 spiro atoms. The van der Waals surface area contributed by atoms with Gasteiger partial charge in [0.1, 0.15) is 11.8 Å². The molecule has 4 rings (SSSR count). The zero-order valence-corrected chi connectivity index (χ0v) is 14.2. The van der Waals surface area contributed by atoms with Crippen LogP contribution in [0.1, 0.15) is 42.0 Å². The molecule has 3 aromatic rings. The van der Waals surface area contributed by atoms with Gasteiger partial charge in [0.05, 0.1) is 17.0 Å². The van der Waals surface area contributed by atoms with Gasteiger partial charge in [-0.1, -0.05) is 59.8 Å². The number of fused-ring (bicyclic) bond motifs is 3. The summed E-state index contributed by atoms with van der Waals surface area (Å²) >= 11 is 0. The molecular weight excluding hydrogens is 312 g/mol. The Bertz CT molecular complexity index is 971. The number of hydrogen-bond donors (Lipinski definition) is 0. The molecule has 124 valence electrons. The topological polar surface area (TPSA) is 55.5 Å². The second-order valence-electron chi connectivity index (χ2n) is 6.32. The molecule has 2 aromatic carbocycles. The van der Waals surface area contributed by atoms with Gasteiger partial charge < -0.3 is 4.52 Å². The molecule has 0 fully saturated rings. The molecule has 2 heterocycles. The Labute approximate surface area is 146 Å². The molecule has 0 amide bonds. The number of hydrogen-bond acceptors (Lipinski definition) is 4. The molecule has 0 N–H and O–H groups in total. The van der Waals surface area contributed by atoms with Gasteiger partial charge >= 0.3 is 0 Å². The molecular formula is C21H18N2O2. The fourth-order valence-corrected chi connectivity index (χ4v) is 3.37. The van der Waals surface area contributed by atoms with Crippen molar-refractivity contribution in [1.82, 2.24) is 5.16 Å². The molecule has 25 heavy (non-hydrogen) atoms. The minimum atomic E-state index is -0.365. The van der Waals surface area contributed by atoms with Gasteiger partial charge in [0.25, 0.3) is 0 Å². The van der Waals surface area contributed by atoms with E-state index >= 15 is 0 Å². The van der Waals surface area contributed by atoms with Gasteiger partial charge in [-0.05, 0) is 19.4 Å². The number of ketones is 1. The zero-order valence-electron chi connectivity index (χ0n) is 14.2. The van der Waals surface area contributed by atoms with E-state index in [9.17, 15) is 4.79 Å². The van der Waals surface area contributed by atoms with Crippen molar-refractivity contribution >= 4 is 11.5 Å². The summed E-state index contributed by atoms with van der Waals surface area (Å²) < 4.78 is 5.61. The zero-order chi connectivity index (χ0) is 17.4. The molecule has 0 bridgehead atoms. The van der Waals surface area contributed by atoms with Crippen molar-refractivity contribution in [2.75, 3.05) is 0 Å². The van der Waals surface area contributed by atoms with Crippen LogP contribution in [0.5, 0.6) is 0 Å². The summed E-state index contributed by atoms with van der Waals surface area (Å²) in [5.74, 6) is 0.748. The van der Waals surface area contributed by atoms with Gasteiger partial charge in [-0.15, -0.1) is 0 Å². The van der Waals surface area contributed by atoms with Gasteiger partial charge in [0, 0.05) is 17.5 Å². The lowest BCUT2D eigenvalue weighted by molar-refractivity contribution is -0.117. The van der Waals surface area contributed by atoms with E-state index in [2.05, 4.69) is 17.3 Å². The van der Waals surface area contributed by atoms with Crippen LogP contribution in [0.4, 0.5) is 0 Å². The van der Waals surface area contributed by atoms with E-state index in [1.165, 1.54) is 0 Å². The van der Waals surface area contributed by atoms with Gasteiger partial charge in [0.15, 0.2) is 5.76 Å². The van der Waals surface area contributed by atoms with Crippen molar-refractivity contribution in [3.63, 3.8) is 0 Å². The predicted molar refractivity (Wildman–Crippen MR) is 96.8 cm³/mol. The number of rotatable bonds is 3. The van der Waals surface area contributed by atoms with Crippen LogP contribution in [0.15, 0.2) is 64.1 Å². The smallest absolute Gasteiger partial charge is 0.169 e. The lowest BCUT2D eigenvalue weighted by Gasteiger charge is -2.11. The number of aromatic nitrogens is 1. The summed E-state index contributed by atoms with van der Waals surface area (Å²) in [7, 11) is 0. The minimum absolute atomic E-state index is 0.0760. The average molecular weight is 330 g/mol. The first-order valence-electron chi connectivity index (χ1n) is 8.33. The fraction of sp³-hybridized carbons (Fsp3) is 0.190. The monoisotopic (exact) mass is 330 g/mol. The van der Waals surface area contributed by atoms with Crippen molar-refractivity contribution in [3.05, 3.63) is 77.2 Å². The highest BCUT2D eigenvalue weighted by Crippen LogP contribution is 2.40. The normalized spacial score (nSPS) is 15.8. The molecule has 0 unspecified atom stereocenters. The summed E-state index contributed by atoms with van der Waals surface area (Å²) in [6, 6.07) is 17.8. The van der Waals surface area contributed by atoms with E-state index < -0.39 is 0 Å². The number of aryl methyl sites for hydroxylation is 1. The van der Waals surface area contributed by atoms with E-state index in [1.807, 2.05) is 49.4 Å². The van der Waals surface area contributed by atoms with Crippen molar-refractivity contribution in [2.45, 2.75) is 26.3 Å². The van der Waals surface area contributed by atoms with E-state index in [1.54, 1.807) is 6.92 Å². The van der Waals surface area contributed by atoms with E-state index in [0.29, 0.717) is 12.2 Å². The third kappa shape index (κ3) is 2.70. The molecule has 1 aliphatic rings. The number of benzene rings is 2. The second-order valence-corrected chi connectivity index (χ2v) is 6.32. The SMILES string of the molecule is CC(=O)C[C@@H]1N=C(c2ccccc2)c2ccccc2-c2c(C)noc21. The standard InChI is InChI=1S/C21H18N2O2/c1-13(24)12-18-21-19(14(2)23-25-21)16-10-6-7-11-17(16)20(22-18)15-8-4-3-5-9-15/h3-11,18H,12H2,1-2H3/t18-/m0/s1. The molecule has 1 aliphatic heterocycles. The first-order chi connectivity index (χ1) is 12.1. The third-order valence-corrected chi connectivity index (χ3v) is 4.46. The summed E-state index contributed by atoms with van der Waals surface area (Å²) in [6.45, 7) is 3.51. The highest BCUT2D eigenvalue weighted by Gasteiger charge is 2.30. The van der Waals surface area contributed by atoms with Crippen LogP contribution in [-0.4, -0.2) is 16.7 Å². The highest BCUT2D eigenvalue weighted by atomic mass is 16.5. The number of Topliss-reactive ketones (excluding diaryl/α,β-unsaturated/α-hetero) is 1. The van der Waals surface area contributed by atoms with Crippen LogP contribution in [0, 0.1) is 6.92 Å². The van der Waals surface area contributed by atoms with Crippen molar-refractivity contribution < 1.29 is 9.32 Å². The van der Waals surface area contributed by atoms with Gasteiger partial charge in [-0.25, -0.2) is 0 Å². The first kappa shape index (κ1) is 15.5. The van der Waals surface area contributed by atoms with Crippen molar-refractivity contribution in [1.29, 1.82) is 0 Å². The van der Waals surface area contributed by atoms with Crippen LogP contribution >= 0.6 is 0 Å². The molecule has 0 saturated carbocycles. The Morgan fingerprint density at radius 1 is 1.04 bits per heavy atom. The molecule has 1 atom stereocenters.